The zero-order chi connectivity index (χ0) is 12.8. The lowest BCUT2D eigenvalue weighted by Gasteiger charge is -2.07. The van der Waals surface area contributed by atoms with Gasteiger partial charge in [0.2, 0.25) is 5.91 Å². The first-order valence-corrected chi connectivity index (χ1v) is 6.73. The average Bonchev–Trinajstić information content (AvgIpc) is 3.06. The number of aromatic nitrogens is 2. The second-order valence-electron chi connectivity index (χ2n) is 4.86. The molecule has 1 amide bonds. The van der Waals surface area contributed by atoms with E-state index in [-0.39, 0.29) is 5.91 Å². The molecule has 0 unspecified atom stereocenters. The number of carbonyl (C=O) groups excluding carboxylic acids is 1. The standard InChI is InChI=1S/C13H22N4O/c1-11-15-8-10-17(11)9-7-14-6-2-3-13(18)16-12-4-5-12/h8,10,12,14H,2-7,9H2,1H3,(H,16,18). The number of hydrogen-bond acceptors (Lipinski definition) is 3. The molecule has 0 bridgehead atoms. The quantitative estimate of drug-likeness (QED) is 0.672. The second-order valence-corrected chi connectivity index (χ2v) is 4.86. The van der Waals surface area contributed by atoms with E-state index in [4.69, 9.17) is 0 Å². The van der Waals surface area contributed by atoms with Crippen molar-refractivity contribution in [3.8, 4) is 0 Å². The minimum atomic E-state index is 0.199. The smallest absolute Gasteiger partial charge is 0.220 e. The van der Waals surface area contributed by atoms with Crippen LogP contribution in [0, 0.1) is 6.92 Å². The number of amides is 1. The van der Waals surface area contributed by atoms with E-state index in [1.165, 1.54) is 0 Å². The van der Waals surface area contributed by atoms with Crippen LogP contribution in [-0.4, -0.2) is 34.6 Å². The van der Waals surface area contributed by atoms with Gasteiger partial charge in [-0.2, -0.15) is 0 Å². The Bertz CT molecular complexity index is 384. The molecule has 1 aliphatic carbocycles. The molecular formula is C13H22N4O. The molecule has 0 atom stereocenters. The summed E-state index contributed by atoms with van der Waals surface area (Å²) in [5, 5.41) is 6.34. The summed E-state index contributed by atoms with van der Waals surface area (Å²) in [7, 11) is 0. The molecule has 0 aromatic carbocycles. The van der Waals surface area contributed by atoms with E-state index in [1.54, 1.807) is 0 Å². The number of imidazole rings is 1. The lowest BCUT2D eigenvalue weighted by atomic mass is 10.3. The summed E-state index contributed by atoms with van der Waals surface area (Å²) in [6.45, 7) is 4.75. The minimum Gasteiger partial charge on any atom is -0.353 e. The maximum absolute atomic E-state index is 11.4. The SMILES string of the molecule is Cc1nccn1CCNCCCC(=O)NC1CC1. The molecule has 1 heterocycles. The van der Waals surface area contributed by atoms with Gasteiger partial charge in [-0.1, -0.05) is 0 Å². The van der Waals surface area contributed by atoms with Gasteiger partial charge < -0.3 is 15.2 Å². The molecule has 1 aliphatic rings. The van der Waals surface area contributed by atoms with Crippen LogP contribution in [-0.2, 0) is 11.3 Å². The third-order valence-electron chi connectivity index (χ3n) is 3.15. The van der Waals surface area contributed by atoms with Crippen LogP contribution in [0.1, 0.15) is 31.5 Å². The van der Waals surface area contributed by atoms with Crippen molar-refractivity contribution >= 4 is 5.91 Å². The number of aryl methyl sites for hydroxylation is 1. The zero-order valence-corrected chi connectivity index (χ0v) is 11.0. The van der Waals surface area contributed by atoms with Crippen molar-refractivity contribution in [1.29, 1.82) is 0 Å². The van der Waals surface area contributed by atoms with Gasteiger partial charge in [0, 0.05) is 37.9 Å². The summed E-state index contributed by atoms with van der Waals surface area (Å²) in [4.78, 5) is 15.6. The molecule has 0 aliphatic heterocycles. The number of carbonyl (C=O) groups is 1. The Kier molecular flexibility index (Phi) is 4.75. The lowest BCUT2D eigenvalue weighted by molar-refractivity contribution is -0.121. The zero-order valence-electron chi connectivity index (χ0n) is 11.0. The Balaban J connectivity index is 1.46. The summed E-state index contributed by atoms with van der Waals surface area (Å²) in [5.74, 6) is 1.24. The molecule has 0 saturated heterocycles. The van der Waals surface area contributed by atoms with E-state index in [1.807, 2.05) is 19.3 Å². The van der Waals surface area contributed by atoms with Gasteiger partial charge >= 0.3 is 0 Å². The maximum atomic E-state index is 11.4. The lowest BCUT2D eigenvalue weighted by Crippen LogP contribution is -2.27. The predicted molar refractivity (Wildman–Crippen MR) is 70.2 cm³/mol. The normalized spacial score (nSPS) is 14.7. The predicted octanol–water partition coefficient (Wildman–Crippen LogP) is 0.840. The molecule has 5 nitrogen and oxygen atoms in total. The molecular weight excluding hydrogens is 228 g/mol. The highest BCUT2D eigenvalue weighted by Crippen LogP contribution is 2.18. The third kappa shape index (κ3) is 4.49. The summed E-state index contributed by atoms with van der Waals surface area (Å²) in [6, 6.07) is 0.481. The summed E-state index contributed by atoms with van der Waals surface area (Å²) in [5.41, 5.74) is 0. The van der Waals surface area contributed by atoms with Gasteiger partial charge in [0.15, 0.2) is 0 Å². The van der Waals surface area contributed by atoms with Gasteiger partial charge in [0.1, 0.15) is 5.82 Å². The highest BCUT2D eigenvalue weighted by Gasteiger charge is 2.22. The van der Waals surface area contributed by atoms with Gasteiger partial charge in [0.25, 0.3) is 0 Å². The topological polar surface area (TPSA) is 59.0 Å². The molecule has 1 fully saturated rings. The number of hydrogen-bond donors (Lipinski definition) is 2. The van der Waals surface area contributed by atoms with Gasteiger partial charge in [-0.05, 0) is 32.7 Å². The van der Waals surface area contributed by atoms with Gasteiger partial charge in [-0.3, -0.25) is 4.79 Å². The van der Waals surface area contributed by atoms with Crippen LogP contribution >= 0.6 is 0 Å². The molecule has 0 radical (unpaired) electrons. The Morgan fingerprint density at radius 3 is 3.00 bits per heavy atom. The molecule has 1 aromatic heterocycles. The minimum absolute atomic E-state index is 0.199. The van der Waals surface area contributed by atoms with Crippen molar-refractivity contribution in [2.75, 3.05) is 13.1 Å². The molecule has 2 rings (SSSR count). The fourth-order valence-corrected chi connectivity index (χ4v) is 1.87. The van der Waals surface area contributed by atoms with Crippen molar-refractivity contribution in [3.05, 3.63) is 18.2 Å². The monoisotopic (exact) mass is 250 g/mol. The Labute approximate surface area is 108 Å². The molecule has 0 spiro atoms. The molecule has 1 saturated carbocycles. The van der Waals surface area contributed by atoms with Crippen LogP contribution in [0.25, 0.3) is 0 Å². The number of nitrogens with zero attached hydrogens (tertiary/aromatic N) is 2. The molecule has 100 valence electrons. The van der Waals surface area contributed by atoms with E-state index >= 15 is 0 Å². The van der Waals surface area contributed by atoms with Crippen molar-refractivity contribution in [2.45, 2.75) is 45.2 Å². The van der Waals surface area contributed by atoms with E-state index in [0.29, 0.717) is 12.5 Å². The highest BCUT2D eigenvalue weighted by molar-refractivity contribution is 5.76. The van der Waals surface area contributed by atoms with Crippen LogP contribution in [0.4, 0.5) is 0 Å². The Hall–Kier alpha value is -1.36. The van der Waals surface area contributed by atoms with Gasteiger partial charge in [-0.15, -0.1) is 0 Å². The molecule has 5 heteroatoms. The van der Waals surface area contributed by atoms with Crippen molar-refractivity contribution < 1.29 is 4.79 Å². The first-order valence-electron chi connectivity index (χ1n) is 6.73. The van der Waals surface area contributed by atoms with Crippen molar-refractivity contribution in [1.82, 2.24) is 20.2 Å². The number of nitrogens with one attached hydrogen (secondary N) is 2. The largest absolute Gasteiger partial charge is 0.353 e. The second kappa shape index (κ2) is 6.54. The molecule has 1 aromatic rings. The van der Waals surface area contributed by atoms with Crippen molar-refractivity contribution in [3.63, 3.8) is 0 Å². The fraction of sp³-hybridized carbons (Fsp3) is 0.692. The Morgan fingerprint density at radius 2 is 2.33 bits per heavy atom. The van der Waals surface area contributed by atoms with Gasteiger partial charge in [0.05, 0.1) is 0 Å². The van der Waals surface area contributed by atoms with Gasteiger partial charge in [-0.25, -0.2) is 4.98 Å². The van der Waals surface area contributed by atoms with Crippen molar-refractivity contribution in [2.24, 2.45) is 0 Å². The molecule has 2 N–H and O–H groups in total. The maximum Gasteiger partial charge on any atom is 0.220 e. The Morgan fingerprint density at radius 1 is 1.50 bits per heavy atom. The van der Waals surface area contributed by atoms with Crippen LogP contribution in [0.5, 0.6) is 0 Å². The first kappa shape index (κ1) is 13.1. The third-order valence-corrected chi connectivity index (χ3v) is 3.15. The van der Waals surface area contributed by atoms with Crippen LogP contribution < -0.4 is 10.6 Å². The highest BCUT2D eigenvalue weighted by atomic mass is 16.1. The first-order chi connectivity index (χ1) is 8.75. The average molecular weight is 250 g/mol. The van der Waals surface area contributed by atoms with Crippen LogP contribution in [0.2, 0.25) is 0 Å². The number of rotatable bonds is 8. The van der Waals surface area contributed by atoms with E-state index in [2.05, 4.69) is 20.2 Å². The molecule has 18 heavy (non-hydrogen) atoms. The van der Waals surface area contributed by atoms with Crippen LogP contribution in [0.15, 0.2) is 12.4 Å². The van der Waals surface area contributed by atoms with E-state index < -0.39 is 0 Å². The fourth-order valence-electron chi connectivity index (χ4n) is 1.87. The summed E-state index contributed by atoms with van der Waals surface area (Å²) >= 11 is 0. The summed E-state index contributed by atoms with van der Waals surface area (Å²) < 4.78 is 2.12. The summed E-state index contributed by atoms with van der Waals surface area (Å²) in [6.07, 6.45) is 7.66. The van der Waals surface area contributed by atoms with Crippen LogP contribution in [0.3, 0.4) is 0 Å². The van der Waals surface area contributed by atoms with E-state index in [0.717, 1.165) is 44.7 Å². The van der Waals surface area contributed by atoms with E-state index in [9.17, 15) is 4.79 Å².